The van der Waals surface area contributed by atoms with Crippen molar-refractivity contribution in [2.75, 3.05) is 52.9 Å². The summed E-state index contributed by atoms with van der Waals surface area (Å²) >= 11 is 0. The predicted molar refractivity (Wildman–Crippen MR) is 302 cm³/mol. The maximum absolute atomic E-state index is 6.17. The Morgan fingerprint density at radius 3 is 0.818 bits per heavy atom. The summed E-state index contributed by atoms with van der Waals surface area (Å²) in [7, 11) is 0. The summed E-state index contributed by atoms with van der Waals surface area (Å²) < 4.78 is 33.7. The fourth-order valence-electron chi connectivity index (χ4n) is 9.78. The van der Waals surface area contributed by atoms with Crippen molar-refractivity contribution in [2.45, 2.75) is 105 Å². The molecular formula is C64H76MnN8O4+4. The molecule has 0 saturated heterocycles. The molecule has 1 radical (unpaired) electrons. The van der Waals surface area contributed by atoms with E-state index >= 15 is 0 Å². The van der Waals surface area contributed by atoms with Crippen molar-refractivity contribution in [2.24, 2.45) is 0 Å². The van der Waals surface area contributed by atoms with E-state index in [-0.39, 0.29) is 17.1 Å². The quantitative estimate of drug-likeness (QED) is 0.0271. The fourth-order valence-corrected chi connectivity index (χ4v) is 9.78. The number of fused-ring (bicyclic) bond motifs is 8. The molecule has 399 valence electrons. The van der Waals surface area contributed by atoms with Gasteiger partial charge in [0.05, 0.1) is 45.0 Å². The number of aromatic nitrogens is 8. The molecule has 0 N–H and O–H groups in total. The van der Waals surface area contributed by atoms with E-state index < -0.39 is 0 Å². The first-order valence-corrected chi connectivity index (χ1v) is 27.9. The van der Waals surface area contributed by atoms with Gasteiger partial charge in [-0.1, -0.05) is 77.6 Å². The number of hydrogen-bond donors (Lipinski definition) is 0. The average molecular weight is 1080 g/mol. The Bertz CT molecular complexity index is 2850. The molecule has 0 atom stereocenters. The zero-order valence-corrected chi connectivity index (χ0v) is 46.8. The SMILES string of the molecule is CCCCOCC[n+]1ccccc1-c1c2nc(c(-c3cccc[n+]3CCOCCCC)c3ccc([n-]3)c(-c3cccc[n+]3CCOCCCC)c3nc(c(-c4cccc[n+]4CCOCCCC)c4ccc1[n-]4)C=C3)C=C2.[Mn+2]. The summed E-state index contributed by atoms with van der Waals surface area (Å²) in [5, 5.41) is 0. The van der Waals surface area contributed by atoms with Crippen molar-refractivity contribution in [3.63, 3.8) is 0 Å². The standard InChI is InChI=1S/C64H76N8O4.Mn/c1-5-9-41-73-45-37-69-33-17-13-21-57(69)61-49-25-27-51(65-49)62(58-22-14-18-34-70(58)38-46-74-42-10-6-2)53-29-31-55(67-53)64(60-24-16-20-36-72(60)40-48-76-44-12-8-4)56-32-30-54(68-56)63(52-28-26-50(61)66-52)59-23-15-19-35-71(59)39-47-75-43-11-7-3;/h13-36H,5-12,37-48H2,1-4H3;/q2*+2. The number of hydrogen-bond acceptors (Lipinski definition) is 6. The third-order valence-corrected chi connectivity index (χ3v) is 13.9. The maximum atomic E-state index is 6.17. The van der Waals surface area contributed by atoms with Gasteiger partial charge < -0.3 is 28.9 Å². The minimum absolute atomic E-state index is 0. The van der Waals surface area contributed by atoms with E-state index in [9.17, 15) is 0 Å². The van der Waals surface area contributed by atoms with Gasteiger partial charge in [-0.05, 0) is 74.3 Å². The third kappa shape index (κ3) is 14.2. The summed E-state index contributed by atoms with van der Waals surface area (Å²) in [6, 6.07) is 34.0. The van der Waals surface area contributed by atoms with Gasteiger partial charge in [-0.3, -0.25) is 0 Å². The summed E-state index contributed by atoms with van der Waals surface area (Å²) in [6.07, 6.45) is 25.6. The van der Waals surface area contributed by atoms with E-state index in [1.165, 1.54) is 0 Å². The van der Waals surface area contributed by atoms with Crippen molar-refractivity contribution in [1.29, 1.82) is 0 Å². The Kier molecular flexibility index (Phi) is 21.6. The summed E-state index contributed by atoms with van der Waals surface area (Å²) in [4.78, 5) is 22.6. The Morgan fingerprint density at radius 2 is 0.584 bits per heavy atom. The smallest absolute Gasteiger partial charge is 0.656 e. The topological polar surface area (TPSA) is 106 Å². The molecule has 0 saturated carbocycles. The van der Waals surface area contributed by atoms with Gasteiger partial charge in [0, 0.05) is 75.0 Å². The van der Waals surface area contributed by atoms with Gasteiger partial charge in [0.2, 0.25) is 22.8 Å². The van der Waals surface area contributed by atoms with Crippen LogP contribution in [0.25, 0.3) is 91.4 Å². The average Bonchev–Trinajstić information content (AvgIpc) is 4.33. The van der Waals surface area contributed by atoms with Gasteiger partial charge >= 0.3 is 17.1 Å². The van der Waals surface area contributed by atoms with Crippen LogP contribution in [0.15, 0.2) is 122 Å². The Hall–Kier alpha value is -6.44. The third-order valence-electron chi connectivity index (χ3n) is 13.9. The van der Waals surface area contributed by atoms with Crippen LogP contribution in [-0.4, -0.2) is 62.8 Å². The van der Waals surface area contributed by atoms with Crippen LogP contribution in [0, 0.1) is 0 Å². The maximum Gasteiger partial charge on any atom is 2.00 e. The molecule has 0 amide bonds. The van der Waals surface area contributed by atoms with Crippen LogP contribution >= 0.6 is 0 Å². The second kappa shape index (κ2) is 29.3. The Labute approximate surface area is 466 Å². The normalized spacial score (nSPS) is 11.9. The van der Waals surface area contributed by atoms with E-state index in [4.69, 9.17) is 38.9 Å². The monoisotopic (exact) mass is 1080 g/mol. The van der Waals surface area contributed by atoms with Crippen LogP contribution in [-0.2, 0) is 62.2 Å². The van der Waals surface area contributed by atoms with E-state index in [1.54, 1.807) is 0 Å². The second-order valence-electron chi connectivity index (χ2n) is 19.3. The minimum atomic E-state index is 0. The zero-order chi connectivity index (χ0) is 52.3. The number of rotatable bonds is 28. The molecule has 13 heteroatoms. The van der Waals surface area contributed by atoms with Crippen molar-refractivity contribution >= 4 is 46.4 Å². The van der Waals surface area contributed by atoms with E-state index in [1.807, 2.05) is 0 Å². The number of nitrogens with zero attached hydrogens (tertiary/aromatic N) is 8. The minimum Gasteiger partial charge on any atom is -0.656 e. The van der Waals surface area contributed by atoms with Crippen molar-refractivity contribution in [1.82, 2.24) is 19.9 Å². The van der Waals surface area contributed by atoms with Crippen molar-refractivity contribution in [3.8, 4) is 45.0 Å². The van der Waals surface area contributed by atoms with E-state index in [0.29, 0.717) is 52.6 Å². The molecule has 2 aliphatic heterocycles. The molecule has 8 bridgehead atoms. The first-order valence-electron chi connectivity index (χ1n) is 27.9. The predicted octanol–water partition coefficient (Wildman–Crippen LogP) is 11.0. The van der Waals surface area contributed by atoms with Gasteiger partial charge in [-0.2, -0.15) is 18.3 Å². The van der Waals surface area contributed by atoms with E-state index in [2.05, 4.69) is 192 Å². The molecule has 0 aromatic carbocycles. The van der Waals surface area contributed by atoms with Crippen molar-refractivity contribution in [3.05, 3.63) is 145 Å². The van der Waals surface area contributed by atoms with Crippen LogP contribution in [0.1, 0.15) is 102 Å². The van der Waals surface area contributed by atoms with E-state index in [0.717, 1.165) is 168 Å². The molecule has 77 heavy (non-hydrogen) atoms. The molecule has 0 spiro atoms. The van der Waals surface area contributed by atoms with Gasteiger partial charge in [-0.15, -0.1) is 22.1 Å². The van der Waals surface area contributed by atoms with Gasteiger partial charge in [0.25, 0.3) is 0 Å². The van der Waals surface area contributed by atoms with Crippen LogP contribution in [0.3, 0.4) is 0 Å². The molecule has 9 rings (SSSR count). The Balaban J connectivity index is 0.00000784. The molecular weight excluding hydrogens is 1000 g/mol. The molecule has 9 heterocycles. The molecule has 0 aliphatic carbocycles. The van der Waals surface area contributed by atoms with Crippen LogP contribution in [0.2, 0.25) is 0 Å². The molecule has 12 nitrogen and oxygen atoms in total. The summed E-state index contributed by atoms with van der Waals surface area (Å²) in [5.74, 6) is 0. The van der Waals surface area contributed by atoms with Gasteiger partial charge in [0.15, 0.2) is 51.0 Å². The Morgan fingerprint density at radius 1 is 0.338 bits per heavy atom. The van der Waals surface area contributed by atoms with Crippen LogP contribution < -0.4 is 28.2 Å². The van der Waals surface area contributed by atoms with Crippen LogP contribution in [0.4, 0.5) is 0 Å². The summed E-state index contributed by atoms with van der Waals surface area (Å²) in [5.41, 5.74) is 14.1. The second-order valence-corrected chi connectivity index (χ2v) is 19.3. The van der Waals surface area contributed by atoms with Crippen molar-refractivity contribution < 1.29 is 54.3 Å². The molecule has 2 aliphatic rings. The first kappa shape index (κ1) is 56.8. The summed E-state index contributed by atoms with van der Waals surface area (Å²) in [6.45, 7) is 16.7. The van der Waals surface area contributed by atoms with Gasteiger partial charge in [-0.25, -0.2) is 9.97 Å². The number of ether oxygens (including phenoxy) is 4. The first-order chi connectivity index (χ1) is 37.6. The fraction of sp³-hybridized carbons (Fsp3) is 0.375. The number of unbranched alkanes of at least 4 members (excludes halogenated alkanes) is 4. The number of pyridine rings is 4. The van der Waals surface area contributed by atoms with Gasteiger partial charge in [0.1, 0.15) is 26.4 Å². The molecule has 0 fully saturated rings. The van der Waals surface area contributed by atoms with Crippen LogP contribution in [0.5, 0.6) is 0 Å². The zero-order valence-electron chi connectivity index (χ0n) is 45.6. The molecule has 7 aromatic rings. The largest absolute Gasteiger partial charge is 2.00 e. The molecule has 0 unspecified atom stereocenters. The molecule has 7 aromatic heterocycles.